The van der Waals surface area contributed by atoms with Crippen LogP contribution >= 0.6 is 0 Å². The Morgan fingerprint density at radius 2 is 0.476 bits per heavy atom. The van der Waals surface area contributed by atoms with Crippen LogP contribution in [0.2, 0.25) is 0 Å². The minimum absolute atomic E-state index is 0.0709. The monoisotopic (exact) mass is 1150 g/mol. The van der Waals surface area contributed by atoms with Gasteiger partial charge in [0.15, 0.2) is 6.10 Å². The zero-order chi connectivity index (χ0) is 59.2. The first kappa shape index (κ1) is 79.4. The molecule has 0 spiro atoms. The lowest BCUT2D eigenvalue weighted by molar-refractivity contribution is -0.167. The van der Waals surface area contributed by atoms with E-state index in [1.165, 1.54) is 276 Å². The molecule has 0 aromatic carbocycles. The molecule has 1 unspecified atom stereocenters. The van der Waals surface area contributed by atoms with Gasteiger partial charge in [0, 0.05) is 19.3 Å². The van der Waals surface area contributed by atoms with E-state index in [0.29, 0.717) is 19.3 Å². The van der Waals surface area contributed by atoms with Crippen LogP contribution in [0.3, 0.4) is 0 Å². The second-order valence-electron chi connectivity index (χ2n) is 24.8. The van der Waals surface area contributed by atoms with Gasteiger partial charge in [-0.1, -0.05) is 352 Å². The number of allylic oxidation sites excluding steroid dienone is 8. The highest BCUT2D eigenvalue weighted by molar-refractivity contribution is 5.71. The minimum atomic E-state index is -0.776. The van der Waals surface area contributed by atoms with Crippen LogP contribution in [0.4, 0.5) is 0 Å². The molecule has 0 aliphatic rings. The predicted octanol–water partition coefficient (Wildman–Crippen LogP) is 25.3. The molecule has 0 amide bonds. The van der Waals surface area contributed by atoms with Crippen molar-refractivity contribution in [3.63, 3.8) is 0 Å². The van der Waals surface area contributed by atoms with Gasteiger partial charge >= 0.3 is 17.9 Å². The Labute approximate surface area is 511 Å². The fourth-order valence-corrected chi connectivity index (χ4v) is 11.1. The Balaban J connectivity index is 4.23. The van der Waals surface area contributed by atoms with Crippen LogP contribution in [0.1, 0.15) is 400 Å². The summed E-state index contributed by atoms with van der Waals surface area (Å²) in [5, 5.41) is 0. The van der Waals surface area contributed by atoms with Crippen molar-refractivity contribution in [3.05, 3.63) is 48.6 Å². The summed E-state index contributed by atoms with van der Waals surface area (Å²) in [4.78, 5) is 38.5. The first-order valence-corrected chi connectivity index (χ1v) is 36.6. The van der Waals surface area contributed by atoms with Gasteiger partial charge in [0.2, 0.25) is 0 Å². The maximum atomic E-state index is 13.0. The van der Waals surface area contributed by atoms with E-state index in [4.69, 9.17) is 14.2 Å². The number of ether oxygens (including phenoxy) is 3. The van der Waals surface area contributed by atoms with Crippen molar-refractivity contribution in [2.45, 2.75) is 406 Å². The number of carbonyl (C=O) groups is 3. The van der Waals surface area contributed by atoms with Crippen LogP contribution in [-0.2, 0) is 28.6 Å². The molecule has 0 fully saturated rings. The largest absolute Gasteiger partial charge is 0.462 e. The lowest BCUT2D eigenvalue weighted by Crippen LogP contribution is -2.30. The first-order valence-electron chi connectivity index (χ1n) is 36.6. The van der Waals surface area contributed by atoms with Gasteiger partial charge in [-0.05, 0) is 77.0 Å². The van der Waals surface area contributed by atoms with E-state index in [0.717, 1.165) is 83.5 Å². The Bertz CT molecular complexity index is 1410. The van der Waals surface area contributed by atoms with Crippen molar-refractivity contribution in [1.29, 1.82) is 0 Å². The summed E-state index contributed by atoms with van der Waals surface area (Å²) in [5.41, 5.74) is 0. The molecule has 82 heavy (non-hydrogen) atoms. The molecule has 1 atom stereocenters. The summed E-state index contributed by atoms with van der Waals surface area (Å²) in [6, 6.07) is 0. The smallest absolute Gasteiger partial charge is 0.306 e. The van der Waals surface area contributed by atoms with Crippen LogP contribution in [0.15, 0.2) is 48.6 Å². The normalized spacial score (nSPS) is 12.3. The third-order valence-electron chi connectivity index (χ3n) is 16.6. The third-order valence-corrected chi connectivity index (χ3v) is 16.6. The Hall–Kier alpha value is -2.63. The van der Waals surface area contributed by atoms with Crippen LogP contribution < -0.4 is 0 Å². The van der Waals surface area contributed by atoms with Crippen molar-refractivity contribution in [3.8, 4) is 0 Å². The van der Waals surface area contributed by atoms with Crippen LogP contribution in [0.25, 0.3) is 0 Å². The second-order valence-corrected chi connectivity index (χ2v) is 24.8. The molecule has 0 saturated heterocycles. The molecule has 0 N–H and O–H groups in total. The van der Waals surface area contributed by atoms with Crippen molar-refractivity contribution in [1.82, 2.24) is 0 Å². The highest BCUT2D eigenvalue weighted by Gasteiger charge is 2.19. The number of rotatable bonds is 68. The van der Waals surface area contributed by atoms with Crippen molar-refractivity contribution >= 4 is 17.9 Å². The predicted molar refractivity (Wildman–Crippen MR) is 358 cm³/mol. The average molecular weight is 1150 g/mol. The van der Waals surface area contributed by atoms with E-state index in [-0.39, 0.29) is 31.1 Å². The van der Waals surface area contributed by atoms with E-state index in [1.807, 2.05) is 0 Å². The standard InChI is InChI=1S/C76H140O6/c1-4-7-10-13-16-19-22-25-28-31-33-34-35-36-37-38-39-40-41-42-43-46-48-51-54-57-60-63-66-69-75(78)81-72-73(71-80-74(77)68-65-62-59-56-53-50-47-44-30-27-24-21-18-15-12-9-6-3)82-76(79)70-67-64-61-58-55-52-49-45-32-29-26-23-20-17-14-11-8-5-2/h9,12,18,21,27,30-31,33,73H,4-8,10-11,13-17,19-20,22-26,28-29,32,34-72H2,1-3H3/b12-9-,21-18-,30-27-,33-31-. The molecule has 0 saturated carbocycles. The van der Waals surface area contributed by atoms with E-state index in [9.17, 15) is 14.4 Å². The molecule has 0 aliphatic carbocycles. The molecule has 0 aromatic heterocycles. The molecular formula is C76H140O6. The summed E-state index contributed by atoms with van der Waals surface area (Å²) in [7, 11) is 0. The van der Waals surface area contributed by atoms with E-state index < -0.39 is 6.10 Å². The summed E-state index contributed by atoms with van der Waals surface area (Å²) in [6.45, 7) is 6.60. The van der Waals surface area contributed by atoms with Crippen LogP contribution in [-0.4, -0.2) is 37.2 Å². The van der Waals surface area contributed by atoms with E-state index >= 15 is 0 Å². The summed E-state index contributed by atoms with van der Waals surface area (Å²) >= 11 is 0. The first-order chi connectivity index (χ1) is 40.5. The quantitative estimate of drug-likeness (QED) is 0.0261. The Morgan fingerprint density at radius 3 is 0.756 bits per heavy atom. The van der Waals surface area contributed by atoms with Gasteiger partial charge in [-0.2, -0.15) is 0 Å². The van der Waals surface area contributed by atoms with E-state index in [2.05, 4.69) is 69.4 Å². The average Bonchev–Trinajstić information content (AvgIpc) is 3.47. The number of esters is 3. The molecule has 0 aliphatic heterocycles. The second kappa shape index (κ2) is 70.9. The van der Waals surface area contributed by atoms with Gasteiger partial charge in [0.05, 0.1) is 0 Å². The van der Waals surface area contributed by atoms with E-state index in [1.54, 1.807) is 0 Å². The molecule has 0 heterocycles. The fourth-order valence-electron chi connectivity index (χ4n) is 11.1. The van der Waals surface area contributed by atoms with Crippen molar-refractivity contribution in [2.75, 3.05) is 13.2 Å². The summed E-state index contributed by atoms with van der Waals surface area (Å²) in [5.74, 6) is -0.851. The maximum absolute atomic E-state index is 13.0. The zero-order valence-corrected chi connectivity index (χ0v) is 55.3. The SMILES string of the molecule is CC/C=C\C/C=C\C/C=C\CCCCCCCCCC(=O)OCC(COC(=O)CCCCCCCCCCCCCCCCCCC/C=C\CCCCCCCCCC)OC(=O)CCCCCCCCCCCCCCCCCCCC. The van der Waals surface area contributed by atoms with Crippen molar-refractivity contribution in [2.24, 2.45) is 0 Å². The molecule has 0 rings (SSSR count). The summed E-state index contributed by atoms with van der Waals surface area (Å²) in [6.07, 6.45) is 90.1. The van der Waals surface area contributed by atoms with Gasteiger partial charge in [-0.3, -0.25) is 14.4 Å². The highest BCUT2D eigenvalue weighted by atomic mass is 16.6. The molecule has 0 aromatic rings. The number of hydrogen-bond donors (Lipinski definition) is 0. The van der Waals surface area contributed by atoms with Gasteiger partial charge in [-0.25, -0.2) is 0 Å². The number of unbranched alkanes of at least 4 members (excludes halogenated alkanes) is 49. The van der Waals surface area contributed by atoms with Gasteiger partial charge in [-0.15, -0.1) is 0 Å². The Morgan fingerprint density at radius 1 is 0.256 bits per heavy atom. The third kappa shape index (κ3) is 68.2. The lowest BCUT2D eigenvalue weighted by Gasteiger charge is -2.18. The molecule has 0 radical (unpaired) electrons. The molecule has 480 valence electrons. The maximum Gasteiger partial charge on any atom is 0.306 e. The fraction of sp³-hybridized carbons (Fsp3) is 0.855. The van der Waals surface area contributed by atoms with Crippen molar-refractivity contribution < 1.29 is 28.6 Å². The molecule has 6 heteroatoms. The summed E-state index contributed by atoms with van der Waals surface area (Å²) < 4.78 is 17.0. The van der Waals surface area contributed by atoms with Gasteiger partial charge in [0.1, 0.15) is 13.2 Å². The molecule has 6 nitrogen and oxygen atoms in total. The topological polar surface area (TPSA) is 78.9 Å². The number of hydrogen-bond acceptors (Lipinski definition) is 6. The highest BCUT2D eigenvalue weighted by Crippen LogP contribution is 2.19. The van der Waals surface area contributed by atoms with Gasteiger partial charge < -0.3 is 14.2 Å². The Kier molecular flexibility index (Phi) is 68.6. The molecule has 0 bridgehead atoms. The minimum Gasteiger partial charge on any atom is -0.462 e. The molecular weight excluding hydrogens is 1010 g/mol. The lowest BCUT2D eigenvalue weighted by atomic mass is 10.0. The number of carbonyl (C=O) groups excluding carboxylic acids is 3. The van der Waals surface area contributed by atoms with Crippen LogP contribution in [0.5, 0.6) is 0 Å². The van der Waals surface area contributed by atoms with Gasteiger partial charge in [0.25, 0.3) is 0 Å². The zero-order valence-electron chi connectivity index (χ0n) is 55.3. The van der Waals surface area contributed by atoms with Crippen LogP contribution in [0, 0.1) is 0 Å².